The summed E-state index contributed by atoms with van der Waals surface area (Å²) >= 11 is 0. The highest BCUT2D eigenvalue weighted by molar-refractivity contribution is 5.88. The first-order valence-corrected chi connectivity index (χ1v) is 8.24. The van der Waals surface area contributed by atoms with E-state index in [-0.39, 0.29) is 12.4 Å². The Morgan fingerprint density at radius 2 is 1.52 bits per heavy atom. The SMILES string of the molecule is CN(C)C(N)(CCOc1cccc2ccccc12)c1ccccc1.Cl. The zero-order valence-electron chi connectivity index (χ0n) is 14.7. The average molecular weight is 357 g/mol. The van der Waals surface area contributed by atoms with Crippen LogP contribution in [0.5, 0.6) is 5.75 Å². The van der Waals surface area contributed by atoms with Gasteiger partial charge in [-0.15, -0.1) is 12.4 Å². The lowest BCUT2D eigenvalue weighted by molar-refractivity contribution is 0.119. The van der Waals surface area contributed by atoms with Crippen molar-refractivity contribution in [1.29, 1.82) is 0 Å². The lowest BCUT2D eigenvalue weighted by Gasteiger charge is -2.36. The van der Waals surface area contributed by atoms with Gasteiger partial charge in [0.1, 0.15) is 5.75 Å². The van der Waals surface area contributed by atoms with Crippen LogP contribution in [0.1, 0.15) is 12.0 Å². The summed E-state index contributed by atoms with van der Waals surface area (Å²) in [4.78, 5) is 2.05. The molecular formula is C21H25ClN2O. The minimum atomic E-state index is -0.550. The highest BCUT2D eigenvalue weighted by Gasteiger charge is 2.29. The van der Waals surface area contributed by atoms with E-state index >= 15 is 0 Å². The fourth-order valence-electron chi connectivity index (χ4n) is 2.99. The van der Waals surface area contributed by atoms with Gasteiger partial charge in [0.2, 0.25) is 0 Å². The van der Waals surface area contributed by atoms with Crippen molar-refractivity contribution in [3.8, 4) is 5.75 Å². The van der Waals surface area contributed by atoms with Crippen LogP contribution in [0.3, 0.4) is 0 Å². The molecule has 0 saturated carbocycles. The van der Waals surface area contributed by atoms with Crippen LogP contribution in [0.15, 0.2) is 72.8 Å². The van der Waals surface area contributed by atoms with Crippen molar-refractivity contribution < 1.29 is 4.74 Å². The van der Waals surface area contributed by atoms with Crippen LogP contribution in [0.25, 0.3) is 10.8 Å². The van der Waals surface area contributed by atoms with Crippen molar-refractivity contribution >= 4 is 23.2 Å². The van der Waals surface area contributed by atoms with Gasteiger partial charge >= 0.3 is 0 Å². The maximum atomic E-state index is 6.68. The number of rotatable bonds is 6. The van der Waals surface area contributed by atoms with Crippen LogP contribution in [0, 0.1) is 0 Å². The largest absolute Gasteiger partial charge is 0.493 e. The molecule has 0 radical (unpaired) electrons. The highest BCUT2D eigenvalue weighted by atomic mass is 35.5. The fourth-order valence-corrected chi connectivity index (χ4v) is 2.99. The second-order valence-corrected chi connectivity index (χ2v) is 6.26. The first kappa shape index (κ1) is 19.3. The molecule has 0 spiro atoms. The summed E-state index contributed by atoms with van der Waals surface area (Å²) in [5, 5.41) is 2.32. The minimum Gasteiger partial charge on any atom is -0.493 e. The molecule has 0 aromatic heterocycles. The number of hydrogen-bond acceptors (Lipinski definition) is 3. The summed E-state index contributed by atoms with van der Waals surface area (Å²) < 4.78 is 6.08. The molecule has 3 aromatic rings. The molecule has 132 valence electrons. The van der Waals surface area contributed by atoms with Crippen molar-refractivity contribution in [3.63, 3.8) is 0 Å². The number of nitrogens with zero attached hydrogens (tertiary/aromatic N) is 1. The molecule has 3 rings (SSSR count). The standard InChI is InChI=1S/C21H24N2O.ClH/c1-23(2)21(22,18-11-4-3-5-12-18)15-16-24-20-14-8-10-17-9-6-7-13-19(17)20;/h3-14H,15-16,22H2,1-2H3;1H. The predicted molar refractivity (Wildman–Crippen MR) is 107 cm³/mol. The van der Waals surface area contributed by atoms with Gasteiger partial charge in [0.25, 0.3) is 0 Å². The van der Waals surface area contributed by atoms with Crippen molar-refractivity contribution in [2.75, 3.05) is 20.7 Å². The molecule has 3 aromatic carbocycles. The number of halogens is 1. The molecule has 4 heteroatoms. The number of fused-ring (bicyclic) bond motifs is 1. The molecular weight excluding hydrogens is 332 g/mol. The van der Waals surface area contributed by atoms with Gasteiger partial charge in [-0.1, -0.05) is 66.7 Å². The molecule has 0 aliphatic carbocycles. The molecule has 1 unspecified atom stereocenters. The average Bonchev–Trinajstić information content (AvgIpc) is 2.62. The van der Waals surface area contributed by atoms with Crippen molar-refractivity contribution in [3.05, 3.63) is 78.4 Å². The molecule has 0 aliphatic rings. The minimum absolute atomic E-state index is 0. The fraction of sp³-hybridized carbons (Fsp3) is 0.238. The summed E-state index contributed by atoms with van der Waals surface area (Å²) in [6, 6.07) is 24.6. The molecule has 0 aliphatic heterocycles. The summed E-state index contributed by atoms with van der Waals surface area (Å²) in [5.74, 6) is 0.905. The lowest BCUT2D eigenvalue weighted by Crippen LogP contribution is -2.50. The number of hydrogen-bond donors (Lipinski definition) is 1. The van der Waals surface area contributed by atoms with Crippen molar-refractivity contribution in [2.45, 2.75) is 12.1 Å². The molecule has 25 heavy (non-hydrogen) atoms. The van der Waals surface area contributed by atoms with E-state index in [1.807, 2.05) is 56.6 Å². The van der Waals surface area contributed by atoms with Crippen LogP contribution in [-0.2, 0) is 5.66 Å². The second-order valence-electron chi connectivity index (χ2n) is 6.26. The molecule has 2 N–H and O–H groups in total. The maximum Gasteiger partial charge on any atom is 0.127 e. The third-order valence-corrected chi connectivity index (χ3v) is 4.56. The van der Waals surface area contributed by atoms with Crippen LogP contribution in [-0.4, -0.2) is 25.6 Å². The third-order valence-electron chi connectivity index (χ3n) is 4.56. The predicted octanol–water partition coefficient (Wildman–Crippen LogP) is 4.40. The smallest absolute Gasteiger partial charge is 0.127 e. The van der Waals surface area contributed by atoms with Gasteiger partial charge in [0, 0.05) is 11.8 Å². The molecule has 3 nitrogen and oxygen atoms in total. The molecule has 0 heterocycles. The Hall–Kier alpha value is -2.07. The molecule has 0 bridgehead atoms. The Balaban J connectivity index is 0.00000225. The first-order valence-electron chi connectivity index (χ1n) is 8.24. The van der Waals surface area contributed by atoms with Gasteiger partial charge in [-0.05, 0) is 31.1 Å². The van der Waals surface area contributed by atoms with Crippen LogP contribution in [0.2, 0.25) is 0 Å². The number of ether oxygens (including phenoxy) is 1. The zero-order chi connectivity index (χ0) is 17.0. The van der Waals surface area contributed by atoms with E-state index in [9.17, 15) is 0 Å². The highest BCUT2D eigenvalue weighted by Crippen LogP contribution is 2.28. The van der Waals surface area contributed by atoms with E-state index in [1.165, 1.54) is 5.39 Å². The Labute approximate surface area is 155 Å². The van der Waals surface area contributed by atoms with Gasteiger partial charge in [-0.2, -0.15) is 0 Å². The van der Waals surface area contributed by atoms with E-state index in [1.54, 1.807) is 0 Å². The maximum absolute atomic E-state index is 6.68. The molecule has 1 atom stereocenters. The van der Waals surface area contributed by atoms with E-state index in [0.29, 0.717) is 13.0 Å². The van der Waals surface area contributed by atoms with E-state index in [0.717, 1.165) is 16.7 Å². The van der Waals surface area contributed by atoms with Gasteiger partial charge < -0.3 is 10.5 Å². The number of benzene rings is 3. The third kappa shape index (κ3) is 4.13. The second kappa shape index (κ2) is 8.34. The van der Waals surface area contributed by atoms with E-state index in [4.69, 9.17) is 10.5 Å². The molecule has 0 fully saturated rings. The topological polar surface area (TPSA) is 38.5 Å². The van der Waals surface area contributed by atoms with E-state index in [2.05, 4.69) is 35.2 Å². The van der Waals surface area contributed by atoms with Gasteiger partial charge in [0.15, 0.2) is 0 Å². The normalized spacial score (nSPS) is 13.3. The quantitative estimate of drug-likeness (QED) is 0.665. The number of nitrogens with two attached hydrogens (primary N) is 1. The summed E-state index contributed by atoms with van der Waals surface area (Å²) in [6.07, 6.45) is 0.702. The van der Waals surface area contributed by atoms with Crippen molar-refractivity contribution in [1.82, 2.24) is 4.90 Å². The summed E-state index contributed by atoms with van der Waals surface area (Å²) in [5.41, 5.74) is 7.23. The van der Waals surface area contributed by atoms with Crippen LogP contribution < -0.4 is 10.5 Å². The van der Waals surface area contributed by atoms with E-state index < -0.39 is 5.66 Å². The Morgan fingerprint density at radius 3 is 2.24 bits per heavy atom. The van der Waals surface area contributed by atoms with Gasteiger partial charge in [0.05, 0.1) is 12.3 Å². The Morgan fingerprint density at radius 1 is 0.880 bits per heavy atom. The molecule has 0 saturated heterocycles. The lowest BCUT2D eigenvalue weighted by atomic mass is 9.96. The Kier molecular flexibility index (Phi) is 6.43. The monoisotopic (exact) mass is 356 g/mol. The summed E-state index contributed by atoms with van der Waals surface area (Å²) in [7, 11) is 4.01. The van der Waals surface area contributed by atoms with Gasteiger partial charge in [-0.3, -0.25) is 4.90 Å². The Bertz CT molecular complexity index is 802. The molecule has 0 amide bonds. The van der Waals surface area contributed by atoms with Crippen LogP contribution >= 0.6 is 12.4 Å². The summed E-state index contributed by atoms with van der Waals surface area (Å²) in [6.45, 7) is 0.553. The van der Waals surface area contributed by atoms with Crippen LogP contribution in [0.4, 0.5) is 0 Å². The van der Waals surface area contributed by atoms with Crippen molar-refractivity contribution in [2.24, 2.45) is 5.73 Å². The zero-order valence-corrected chi connectivity index (χ0v) is 15.5. The first-order chi connectivity index (χ1) is 11.6. The van der Waals surface area contributed by atoms with Gasteiger partial charge in [-0.25, -0.2) is 0 Å².